The van der Waals surface area contributed by atoms with Crippen molar-refractivity contribution < 1.29 is 22.7 Å². The Balaban J connectivity index is 0.000000765. The second-order valence-corrected chi connectivity index (χ2v) is 6.08. The second-order valence-electron chi connectivity index (χ2n) is 6.08. The van der Waals surface area contributed by atoms with Crippen LogP contribution in [0.1, 0.15) is 30.9 Å². The van der Waals surface area contributed by atoms with Crippen LogP contribution in [0.4, 0.5) is 13.2 Å². The maximum absolute atomic E-state index is 12.5. The topological polar surface area (TPSA) is 55.6 Å². The molecule has 0 atom stereocenters. The number of amides is 1. The number of halogens is 3. The molecule has 0 aliphatic carbocycles. The minimum absolute atomic E-state index is 0.0242. The fourth-order valence-corrected chi connectivity index (χ4v) is 2.38. The van der Waals surface area contributed by atoms with E-state index in [1.807, 2.05) is 0 Å². The number of hydrogen-bond donors (Lipinski definition) is 1. The van der Waals surface area contributed by atoms with Crippen LogP contribution in [0.25, 0.3) is 0 Å². The van der Waals surface area contributed by atoms with E-state index in [1.165, 1.54) is 18.2 Å². The highest BCUT2D eigenvalue weighted by atomic mass is 19.4. The Hall–Kier alpha value is -2.28. The first kappa shape index (κ1) is 21.8. The van der Waals surface area contributed by atoms with Crippen LogP contribution in [-0.2, 0) is 22.3 Å². The van der Waals surface area contributed by atoms with E-state index in [2.05, 4.69) is 13.2 Å². The number of ether oxygens (including phenoxy) is 1. The molecule has 26 heavy (non-hydrogen) atoms. The van der Waals surface area contributed by atoms with Crippen LogP contribution in [0.15, 0.2) is 49.2 Å². The smallest absolute Gasteiger partial charge is 0.403 e. The van der Waals surface area contributed by atoms with E-state index in [1.54, 1.807) is 11.8 Å². The Kier molecular flexibility index (Phi) is 8.38. The molecule has 0 saturated carbocycles. The zero-order valence-electron chi connectivity index (χ0n) is 14.9. The first-order chi connectivity index (χ1) is 12.1. The predicted octanol–water partition coefficient (Wildman–Crippen LogP) is 3.88. The molecule has 4 nitrogen and oxygen atoms in total. The normalized spacial score (nSPS) is 15.0. The maximum Gasteiger partial charge on any atom is 0.416 e. The van der Waals surface area contributed by atoms with Crippen molar-refractivity contribution in [2.45, 2.75) is 38.7 Å². The van der Waals surface area contributed by atoms with Crippen molar-refractivity contribution in [2.24, 2.45) is 5.73 Å². The zero-order chi connectivity index (χ0) is 19.7. The Morgan fingerprint density at radius 3 is 2.23 bits per heavy atom. The van der Waals surface area contributed by atoms with Gasteiger partial charge in [0.1, 0.15) is 0 Å². The molecule has 0 spiro atoms. The predicted molar refractivity (Wildman–Crippen MR) is 95.0 cm³/mol. The van der Waals surface area contributed by atoms with E-state index in [9.17, 15) is 18.0 Å². The van der Waals surface area contributed by atoms with Gasteiger partial charge in [0.15, 0.2) is 0 Å². The summed E-state index contributed by atoms with van der Waals surface area (Å²) in [4.78, 5) is 13.2. The lowest BCUT2D eigenvalue weighted by Crippen LogP contribution is -2.40. The lowest BCUT2D eigenvalue weighted by atomic mass is 10.1. The molecule has 0 bridgehead atoms. The largest absolute Gasteiger partial charge is 0.416 e. The Morgan fingerprint density at radius 2 is 1.81 bits per heavy atom. The molecule has 144 valence electrons. The van der Waals surface area contributed by atoms with E-state index in [0.29, 0.717) is 24.4 Å². The molecule has 1 aliphatic heterocycles. The third kappa shape index (κ3) is 7.74. The van der Waals surface area contributed by atoms with Gasteiger partial charge >= 0.3 is 6.18 Å². The summed E-state index contributed by atoms with van der Waals surface area (Å²) in [5, 5.41) is 0. The number of hydrogen-bond acceptors (Lipinski definition) is 3. The second kappa shape index (κ2) is 10.0. The third-order valence-corrected chi connectivity index (χ3v) is 3.70. The lowest BCUT2D eigenvalue weighted by molar-refractivity contribution is -0.137. The summed E-state index contributed by atoms with van der Waals surface area (Å²) in [5.74, 6) is -0.0822. The fourth-order valence-electron chi connectivity index (χ4n) is 2.38. The molecule has 2 N–H and O–H groups in total. The van der Waals surface area contributed by atoms with E-state index < -0.39 is 11.7 Å². The molecule has 1 amide bonds. The van der Waals surface area contributed by atoms with Crippen LogP contribution in [0.3, 0.4) is 0 Å². The molecule has 1 saturated heterocycles. The highest BCUT2D eigenvalue weighted by Gasteiger charge is 2.30. The van der Waals surface area contributed by atoms with Crippen molar-refractivity contribution >= 4 is 5.91 Å². The van der Waals surface area contributed by atoms with Gasteiger partial charge in [0.2, 0.25) is 5.91 Å². The first-order valence-corrected chi connectivity index (χ1v) is 8.23. The number of allylic oxidation sites excluding steroid dienone is 1. The number of carbonyl (C=O) groups is 1. The molecule has 1 fully saturated rings. The number of benzene rings is 1. The van der Waals surface area contributed by atoms with Crippen LogP contribution in [-0.4, -0.2) is 30.0 Å². The van der Waals surface area contributed by atoms with Gasteiger partial charge < -0.3 is 15.4 Å². The van der Waals surface area contributed by atoms with Crippen LogP contribution < -0.4 is 5.73 Å². The molecule has 0 aromatic heterocycles. The van der Waals surface area contributed by atoms with E-state index in [0.717, 1.165) is 25.0 Å². The maximum atomic E-state index is 12.5. The Labute approximate surface area is 152 Å². The van der Waals surface area contributed by atoms with Crippen LogP contribution >= 0.6 is 0 Å². The Bertz CT molecular complexity index is 600. The third-order valence-electron chi connectivity index (χ3n) is 3.70. The summed E-state index contributed by atoms with van der Waals surface area (Å²) in [6.07, 6.45) is -1.55. The quantitative estimate of drug-likeness (QED) is 0.819. The van der Waals surface area contributed by atoms with Crippen molar-refractivity contribution in [3.05, 3.63) is 60.3 Å². The highest BCUT2D eigenvalue weighted by molar-refractivity contribution is 5.87. The molecular weight excluding hydrogens is 345 g/mol. The number of carbonyl (C=O) groups excluding carboxylic acids is 1. The average Bonchev–Trinajstić information content (AvgIpc) is 2.59. The van der Waals surface area contributed by atoms with Gasteiger partial charge in [-0.2, -0.15) is 13.2 Å². The summed E-state index contributed by atoms with van der Waals surface area (Å²) in [7, 11) is 0. The summed E-state index contributed by atoms with van der Waals surface area (Å²) < 4.78 is 43.1. The van der Waals surface area contributed by atoms with Crippen LogP contribution in [0.2, 0.25) is 0 Å². The first-order valence-electron chi connectivity index (χ1n) is 8.23. The molecule has 7 heteroatoms. The van der Waals surface area contributed by atoms with Gasteiger partial charge in [0, 0.05) is 13.1 Å². The van der Waals surface area contributed by atoms with E-state index in [4.69, 9.17) is 10.5 Å². The SMILES string of the molecule is C=C(C)N.C=CC(=O)N1CCC(OCc2ccc(C(F)(F)F)cc2)CC1. The minimum Gasteiger partial charge on any atom is -0.403 e. The van der Waals surface area contributed by atoms with Crippen molar-refractivity contribution in [3.8, 4) is 0 Å². The minimum atomic E-state index is -4.32. The fraction of sp³-hybridized carbons (Fsp3) is 0.421. The summed E-state index contributed by atoms with van der Waals surface area (Å²) >= 11 is 0. The molecule has 1 aromatic carbocycles. The van der Waals surface area contributed by atoms with Crippen molar-refractivity contribution in [2.75, 3.05) is 13.1 Å². The van der Waals surface area contributed by atoms with Gasteiger partial charge in [-0.05, 0) is 49.2 Å². The average molecular weight is 370 g/mol. The van der Waals surface area contributed by atoms with Gasteiger partial charge in [-0.25, -0.2) is 0 Å². The summed E-state index contributed by atoms with van der Waals surface area (Å²) in [6, 6.07) is 4.98. The molecule has 0 radical (unpaired) electrons. The van der Waals surface area contributed by atoms with Crippen molar-refractivity contribution in [3.63, 3.8) is 0 Å². The molecule has 2 rings (SSSR count). The monoisotopic (exact) mass is 370 g/mol. The molecule has 1 aromatic rings. The van der Waals surface area contributed by atoms with Gasteiger partial charge in [-0.15, -0.1) is 0 Å². The van der Waals surface area contributed by atoms with Crippen molar-refractivity contribution in [1.29, 1.82) is 0 Å². The molecule has 0 unspecified atom stereocenters. The van der Waals surface area contributed by atoms with Gasteiger partial charge in [-0.3, -0.25) is 4.79 Å². The lowest BCUT2D eigenvalue weighted by Gasteiger charge is -2.31. The van der Waals surface area contributed by atoms with Gasteiger partial charge in [0.05, 0.1) is 18.3 Å². The Morgan fingerprint density at radius 1 is 1.31 bits per heavy atom. The molecule has 1 heterocycles. The zero-order valence-corrected chi connectivity index (χ0v) is 14.9. The number of piperidine rings is 1. The van der Waals surface area contributed by atoms with E-state index >= 15 is 0 Å². The molecule has 1 aliphatic rings. The van der Waals surface area contributed by atoms with Gasteiger partial charge in [-0.1, -0.05) is 25.3 Å². The van der Waals surface area contributed by atoms with Gasteiger partial charge in [0.25, 0.3) is 0 Å². The van der Waals surface area contributed by atoms with Crippen LogP contribution in [0, 0.1) is 0 Å². The number of alkyl halides is 3. The van der Waals surface area contributed by atoms with Crippen LogP contribution in [0.5, 0.6) is 0 Å². The highest BCUT2D eigenvalue weighted by Crippen LogP contribution is 2.29. The summed E-state index contributed by atoms with van der Waals surface area (Å²) in [5.41, 5.74) is 5.63. The number of nitrogens with two attached hydrogens (primary N) is 1. The summed E-state index contributed by atoms with van der Waals surface area (Å²) in [6.45, 7) is 10.0. The molecular formula is C19H25F3N2O2. The number of likely N-dealkylation sites (tertiary alicyclic amines) is 1. The number of rotatable bonds is 4. The van der Waals surface area contributed by atoms with E-state index in [-0.39, 0.29) is 18.6 Å². The van der Waals surface area contributed by atoms with Crippen molar-refractivity contribution in [1.82, 2.24) is 4.90 Å². The number of nitrogens with zero attached hydrogens (tertiary/aromatic N) is 1. The standard InChI is InChI=1S/C16H18F3NO2.C3H7N/c1-2-15(21)20-9-7-14(8-10-20)22-11-12-3-5-13(6-4-12)16(17,18)19;1-3(2)4/h2-6,14H,1,7-11H2;1,4H2,2H3.